The first-order valence-electron chi connectivity index (χ1n) is 7.29. The van der Waals surface area contributed by atoms with Crippen LogP contribution >= 0.6 is 0 Å². The van der Waals surface area contributed by atoms with Gasteiger partial charge in [0.25, 0.3) is 0 Å². The van der Waals surface area contributed by atoms with Crippen LogP contribution < -0.4 is 10.6 Å². The Bertz CT molecular complexity index is 210. The molecule has 3 heteroatoms. The molecule has 0 aromatic heterocycles. The first-order chi connectivity index (χ1) is 8.26. The van der Waals surface area contributed by atoms with E-state index in [0.717, 1.165) is 25.8 Å². The maximum absolute atomic E-state index is 11.7. The molecule has 1 rings (SSSR count). The summed E-state index contributed by atoms with van der Waals surface area (Å²) in [5, 5.41) is 6.66. The fourth-order valence-electron chi connectivity index (χ4n) is 2.57. The third-order valence-corrected chi connectivity index (χ3v) is 3.59. The van der Waals surface area contributed by atoms with Crippen molar-refractivity contribution in [3.05, 3.63) is 0 Å². The van der Waals surface area contributed by atoms with Crippen LogP contribution in [0.25, 0.3) is 0 Å². The van der Waals surface area contributed by atoms with E-state index in [9.17, 15) is 4.79 Å². The van der Waals surface area contributed by atoms with E-state index in [1.807, 2.05) is 0 Å². The van der Waals surface area contributed by atoms with Crippen LogP contribution in [0, 0.1) is 0 Å². The molecule has 0 aliphatic heterocycles. The van der Waals surface area contributed by atoms with Crippen molar-refractivity contribution in [1.29, 1.82) is 0 Å². The van der Waals surface area contributed by atoms with Gasteiger partial charge in [-0.25, -0.2) is 0 Å². The summed E-state index contributed by atoms with van der Waals surface area (Å²) in [6, 6.07) is 1.10. The number of carbonyl (C=O) groups excluding carboxylic acids is 1. The zero-order valence-electron chi connectivity index (χ0n) is 11.4. The number of amides is 1. The second-order valence-electron chi connectivity index (χ2n) is 5.13. The Kier molecular flexibility index (Phi) is 7.25. The lowest BCUT2D eigenvalue weighted by molar-refractivity contribution is -0.122. The lowest BCUT2D eigenvalue weighted by Crippen LogP contribution is -2.42. The fourth-order valence-corrected chi connectivity index (χ4v) is 2.57. The van der Waals surface area contributed by atoms with Gasteiger partial charge in [-0.3, -0.25) is 4.79 Å². The second-order valence-corrected chi connectivity index (χ2v) is 5.13. The standard InChI is InChI=1S/C14H28N2O/c1-3-5-6-7-14(17)16-13-10-8-12(9-11-13)15-4-2/h12-13,15H,3-11H2,1-2H3,(H,16,17). The highest BCUT2D eigenvalue weighted by Gasteiger charge is 2.21. The summed E-state index contributed by atoms with van der Waals surface area (Å²) in [7, 11) is 0. The van der Waals surface area contributed by atoms with E-state index in [0.29, 0.717) is 18.5 Å². The average molecular weight is 240 g/mol. The van der Waals surface area contributed by atoms with Crippen LogP contribution in [0.15, 0.2) is 0 Å². The van der Waals surface area contributed by atoms with E-state index in [1.54, 1.807) is 0 Å². The molecule has 0 unspecified atom stereocenters. The highest BCUT2D eigenvalue weighted by atomic mass is 16.1. The minimum Gasteiger partial charge on any atom is -0.353 e. The van der Waals surface area contributed by atoms with E-state index >= 15 is 0 Å². The van der Waals surface area contributed by atoms with E-state index < -0.39 is 0 Å². The van der Waals surface area contributed by atoms with Gasteiger partial charge >= 0.3 is 0 Å². The zero-order chi connectivity index (χ0) is 12.5. The summed E-state index contributed by atoms with van der Waals surface area (Å²) < 4.78 is 0. The molecule has 1 saturated carbocycles. The molecule has 0 radical (unpaired) electrons. The summed E-state index contributed by atoms with van der Waals surface area (Å²) in [6.07, 6.45) is 8.77. The van der Waals surface area contributed by atoms with Gasteiger partial charge in [-0.05, 0) is 38.6 Å². The maximum Gasteiger partial charge on any atom is 0.220 e. The molecule has 17 heavy (non-hydrogen) atoms. The smallest absolute Gasteiger partial charge is 0.220 e. The molecule has 0 bridgehead atoms. The van der Waals surface area contributed by atoms with Crippen molar-refractivity contribution < 1.29 is 4.79 Å². The molecule has 0 spiro atoms. The van der Waals surface area contributed by atoms with Gasteiger partial charge < -0.3 is 10.6 Å². The summed E-state index contributed by atoms with van der Waals surface area (Å²) in [5.74, 6) is 0.255. The zero-order valence-corrected chi connectivity index (χ0v) is 11.4. The molecule has 1 amide bonds. The van der Waals surface area contributed by atoms with Crippen molar-refractivity contribution in [2.24, 2.45) is 0 Å². The molecule has 100 valence electrons. The number of rotatable bonds is 7. The molecular weight excluding hydrogens is 212 g/mol. The topological polar surface area (TPSA) is 41.1 Å². The molecule has 1 fully saturated rings. The lowest BCUT2D eigenvalue weighted by atomic mass is 9.91. The van der Waals surface area contributed by atoms with Crippen molar-refractivity contribution >= 4 is 5.91 Å². The van der Waals surface area contributed by atoms with E-state index in [4.69, 9.17) is 0 Å². The van der Waals surface area contributed by atoms with Gasteiger partial charge in [-0.2, -0.15) is 0 Å². The minimum atomic E-state index is 0.255. The Morgan fingerprint density at radius 3 is 2.29 bits per heavy atom. The normalized spacial score (nSPS) is 24.6. The van der Waals surface area contributed by atoms with Crippen molar-refractivity contribution in [1.82, 2.24) is 10.6 Å². The molecule has 0 aromatic carbocycles. The highest BCUT2D eigenvalue weighted by Crippen LogP contribution is 2.18. The molecule has 0 saturated heterocycles. The first-order valence-corrected chi connectivity index (χ1v) is 7.29. The Balaban J connectivity index is 2.10. The van der Waals surface area contributed by atoms with Crippen molar-refractivity contribution in [3.63, 3.8) is 0 Å². The predicted octanol–water partition coefficient (Wildman–Crippen LogP) is 2.60. The molecule has 3 nitrogen and oxygen atoms in total. The SMILES string of the molecule is CCCCCC(=O)NC1CCC(NCC)CC1. The van der Waals surface area contributed by atoms with Gasteiger partial charge in [0.15, 0.2) is 0 Å². The van der Waals surface area contributed by atoms with E-state index in [1.165, 1.54) is 25.7 Å². The fraction of sp³-hybridized carbons (Fsp3) is 0.929. The van der Waals surface area contributed by atoms with Crippen LogP contribution in [-0.4, -0.2) is 24.5 Å². The Morgan fingerprint density at radius 2 is 1.71 bits per heavy atom. The largest absolute Gasteiger partial charge is 0.353 e. The first kappa shape index (κ1) is 14.5. The Hall–Kier alpha value is -0.570. The summed E-state index contributed by atoms with van der Waals surface area (Å²) in [6.45, 7) is 5.38. The molecule has 1 aliphatic rings. The Morgan fingerprint density at radius 1 is 1.06 bits per heavy atom. The van der Waals surface area contributed by atoms with Crippen LogP contribution in [0.4, 0.5) is 0 Å². The third kappa shape index (κ3) is 6.06. The summed E-state index contributed by atoms with van der Waals surface area (Å²) in [4.78, 5) is 11.7. The van der Waals surface area contributed by atoms with Crippen LogP contribution in [0.3, 0.4) is 0 Å². The van der Waals surface area contributed by atoms with Gasteiger partial charge in [-0.15, -0.1) is 0 Å². The molecular formula is C14H28N2O. The van der Waals surface area contributed by atoms with Crippen molar-refractivity contribution in [2.45, 2.75) is 77.3 Å². The molecule has 0 atom stereocenters. The predicted molar refractivity (Wildman–Crippen MR) is 72.0 cm³/mol. The quantitative estimate of drug-likeness (QED) is 0.672. The van der Waals surface area contributed by atoms with Gasteiger partial charge in [0.2, 0.25) is 5.91 Å². The third-order valence-electron chi connectivity index (χ3n) is 3.59. The van der Waals surface area contributed by atoms with Gasteiger partial charge in [-0.1, -0.05) is 26.7 Å². The summed E-state index contributed by atoms with van der Waals surface area (Å²) >= 11 is 0. The van der Waals surface area contributed by atoms with Gasteiger partial charge in [0.05, 0.1) is 0 Å². The molecule has 2 N–H and O–H groups in total. The molecule has 0 heterocycles. The Labute approximate surface area is 106 Å². The number of carbonyl (C=O) groups is 1. The van der Waals surface area contributed by atoms with E-state index in [-0.39, 0.29) is 5.91 Å². The van der Waals surface area contributed by atoms with Crippen molar-refractivity contribution in [3.8, 4) is 0 Å². The average Bonchev–Trinajstić information content (AvgIpc) is 2.32. The second kappa shape index (κ2) is 8.51. The summed E-state index contributed by atoms with van der Waals surface area (Å²) in [5.41, 5.74) is 0. The number of hydrogen-bond acceptors (Lipinski definition) is 2. The number of nitrogens with one attached hydrogen (secondary N) is 2. The van der Waals surface area contributed by atoms with E-state index in [2.05, 4.69) is 24.5 Å². The van der Waals surface area contributed by atoms with Crippen LogP contribution in [0.2, 0.25) is 0 Å². The van der Waals surface area contributed by atoms with Crippen molar-refractivity contribution in [2.75, 3.05) is 6.54 Å². The molecule has 1 aliphatic carbocycles. The highest BCUT2D eigenvalue weighted by molar-refractivity contribution is 5.76. The van der Waals surface area contributed by atoms with Gasteiger partial charge in [0, 0.05) is 18.5 Å². The maximum atomic E-state index is 11.7. The number of hydrogen-bond donors (Lipinski definition) is 2. The van der Waals surface area contributed by atoms with Gasteiger partial charge in [0.1, 0.15) is 0 Å². The lowest BCUT2D eigenvalue weighted by Gasteiger charge is -2.29. The molecule has 0 aromatic rings. The monoisotopic (exact) mass is 240 g/mol. The minimum absolute atomic E-state index is 0.255. The van der Waals surface area contributed by atoms with Crippen LogP contribution in [-0.2, 0) is 4.79 Å². The van der Waals surface area contributed by atoms with Crippen LogP contribution in [0.1, 0.15) is 65.2 Å². The number of unbranched alkanes of at least 4 members (excludes halogenated alkanes) is 2. The van der Waals surface area contributed by atoms with Crippen LogP contribution in [0.5, 0.6) is 0 Å².